The van der Waals surface area contributed by atoms with E-state index in [0.717, 1.165) is 12.0 Å². The van der Waals surface area contributed by atoms with Crippen LogP contribution in [0.5, 0.6) is 0 Å². The van der Waals surface area contributed by atoms with Crippen LogP contribution < -0.4 is 0 Å². The van der Waals surface area contributed by atoms with Crippen molar-refractivity contribution >= 4 is 0 Å². The molecule has 0 spiro atoms. The second kappa shape index (κ2) is 3.33. The van der Waals surface area contributed by atoms with Gasteiger partial charge in [-0.15, -0.1) is 6.58 Å². The van der Waals surface area contributed by atoms with Crippen LogP contribution in [-0.4, -0.2) is 0 Å². The molecule has 0 saturated carbocycles. The van der Waals surface area contributed by atoms with Crippen LogP contribution in [0.3, 0.4) is 0 Å². The lowest BCUT2D eigenvalue weighted by Gasteiger charge is -1.99. The highest BCUT2D eigenvalue weighted by atomic mass is 19.1. The molecule has 0 aliphatic heterocycles. The monoisotopic (exact) mass is 150 g/mol. The molecule has 0 atom stereocenters. The van der Waals surface area contributed by atoms with Crippen LogP contribution in [0, 0.1) is 12.7 Å². The highest BCUT2D eigenvalue weighted by Crippen LogP contribution is 2.09. The predicted molar refractivity (Wildman–Crippen MR) is 45.0 cm³/mol. The van der Waals surface area contributed by atoms with Crippen molar-refractivity contribution in [1.82, 2.24) is 0 Å². The minimum absolute atomic E-state index is 0.141. The van der Waals surface area contributed by atoms with Crippen molar-refractivity contribution < 1.29 is 4.39 Å². The van der Waals surface area contributed by atoms with Gasteiger partial charge in [0, 0.05) is 0 Å². The van der Waals surface area contributed by atoms with E-state index in [2.05, 4.69) is 6.58 Å². The van der Waals surface area contributed by atoms with Crippen molar-refractivity contribution in [1.29, 1.82) is 0 Å². The maximum atomic E-state index is 12.7. The molecule has 1 rings (SSSR count). The van der Waals surface area contributed by atoms with Crippen LogP contribution in [0.4, 0.5) is 4.39 Å². The fraction of sp³-hybridized carbons (Fsp3) is 0.200. The normalized spacial score (nSPS) is 9.64. The Morgan fingerprint density at radius 1 is 1.55 bits per heavy atom. The summed E-state index contributed by atoms with van der Waals surface area (Å²) < 4.78 is 12.7. The van der Waals surface area contributed by atoms with E-state index < -0.39 is 0 Å². The molecule has 0 aromatic heterocycles. The molecule has 0 unspecified atom stereocenters. The maximum absolute atomic E-state index is 12.7. The number of benzene rings is 1. The first-order valence-corrected chi connectivity index (χ1v) is 3.60. The first-order chi connectivity index (χ1) is 5.24. The van der Waals surface area contributed by atoms with Crippen molar-refractivity contribution in [2.45, 2.75) is 13.3 Å². The van der Waals surface area contributed by atoms with E-state index in [1.807, 2.05) is 12.1 Å². The Morgan fingerprint density at radius 2 is 2.27 bits per heavy atom. The zero-order chi connectivity index (χ0) is 8.27. The predicted octanol–water partition coefficient (Wildman–Crippen LogP) is 2.86. The quantitative estimate of drug-likeness (QED) is 0.569. The Bertz CT molecular complexity index is 264. The SMILES string of the molecule is C=CCc1ccc(F)c(C)c1. The molecule has 0 bridgehead atoms. The average molecular weight is 150 g/mol. The summed E-state index contributed by atoms with van der Waals surface area (Å²) in [5.41, 5.74) is 1.81. The molecule has 0 nitrogen and oxygen atoms in total. The molecule has 0 aliphatic carbocycles. The number of allylic oxidation sites excluding steroid dienone is 1. The average Bonchev–Trinajstić information content (AvgIpc) is 1.98. The number of rotatable bonds is 2. The van der Waals surface area contributed by atoms with Gasteiger partial charge in [0.05, 0.1) is 0 Å². The Kier molecular flexibility index (Phi) is 2.42. The highest BCUT2D eigenvalue weighted by molar-refractivity contribution is 5.25. The Balaban J connectivity index is 2.95. The first kappa shape index (κ1) is 7.99. The summed E-state index contributed by atoms with van der Waals surface area (Å²) in [5.74, 6) is -0.141. The minimum atomic E-state index is -0.141. The van der Waals surface area contributed by atoms with Crippen LogP contribution in [0.15, 0.2) is 30.9 Å². The Hall–Kier alpha value is -1.11. The van der Waals surface area contributed by atoms with E-state index in [9.17, 15) is 4.39 Å². The second-order valence-electron chi connectivity index (χ2n) is 2.58. The molecule has 1 aromatic carbocycles. The van der Waals surface area contributed by atoms with Gasteiger partial charge in [0.2, 0.25) is 0 Å². The summed E-state index contributed by atoms with van der Waals surface area (Å²) in [7, 11) is 0. The molecule has 1 heteroatoms. The molecular weight excluding hydrogens is 139 g/mol. The molecule has 0 heterocycles. The minimum Gasteiger partial charge on any atom is -0.207 e. The van der Waals surface area contributed by atoms with Crippen LogP contribution in [0.25, 0.3) is 0 Å². The van der Waals surface area contributed by atoms with Crippen LogP contribution in [0.2, 0.25) is 0 Å². The standard InChI is InChI=1S/C10H11F/c1-3-4-9-5-6-10(11)8(2)7-9/h3,5-7H,1,4H2,2H3. The number of aryl methyl sites for hydroxylation is 1. The molecule has 0 N–H and O–H groups in total. The number of hydrogen-bond acceptors (Lipinski definition) is 0. The zero-order valence-electron chi connectivity index (χ0n) is 6.60. The van der Waals surface area contributed by atoms with Crippen LogP contribution >= 0.6 is 0 Å². The molecular formula is C10H11F. The molecule has 0 aliphatic rings. The fourth-order valence-electron chi connectivity index (χ4n) is 1.00. The van der Waals surface area contributed by atoms with Crippen LogP contribution in [0.1, 0.15) is 11.1 Å². The summed E-state index contributed by atoms with van der Waals surface area (Å²) in [6, 6.07) is 5.12. The van der Waals surface area contributed by atoms with Crippen molar-refractivity contribution in [2.75, 3.05) is 0 Å². The molecule has 0 saturated heterocycles. The maximum Gasteiger partial charge on any atom is 0.126 e. The number of hydrogen-bond donors (Lipinski definition) is 0. The van der Waals surface area contributed by atoms with Gasteiger partial charge in [0.1, 0.15) is 5.82 Å². The Labute approximate surface area is 66.4 Å². The van der Waals surface area contributed by atoms with Crippen molar-refractivity contribution in [2.24, 2.45) is 0 Å². The molecule has 0 amide bonds. The van der Waals surface area contributed by atoms with Crippen LogP contribution in [-0.2, 0) is 6.42 Å². The Morgan fingerprint density at radius 3 is 2.82 bits per heavy atom. The summed E-state index contributed by atoms with van der Waals surface area (Å²) >= 11 is 0. The smallest absolute Gasteiger partial charge is 0.126 e. The summed E-state index contributed by atoms with van der Waals surface area (Å²) in [6.07, 6.45) is 2.62. The van der Waals surface area contributed by atoms with Gasteiger partial charge >= 0.3 is 0 Å². The van der Waals surface area contributed by atoms with E-state index >= 15 is 0 Å². The second-order valence-corrected chi connectivity index (χ2v) is 2.58. The third-order valence-corrected chi connectivity index (χ3v) is 1.60. The van der Waals surface area contributed by atoms with Crippen molar-refractivity contribution in [3.05, 3.63) is 47.8 Å². The van der Waals surface area contributed by atoms with Gasteiger partial charge in [-0.25, -0.2) is 4.39 Å². The fourth-order valence-corrected chi connectivity index (χ4v) is 1.00. The van der Waals surface area contributed by atoms with Gasteiger partial charge in [-0.05, 0) is 30.5 Å². The van der Waals surface area contributed by atoms with Gasteiger partial charge in [0.15, 0.2) is 0 Å². The van der Waals surface area contributed by atoms with Gasteiger partial charge in [-0.3, -0.25) is 0 Å². The van der Waals surface area contributed by atoms with Gasteiger partial charge in [0.25, 0.3) is 0 Å². The third kappa shape index (κ3) is 1.90. The van der Waals surface area contributed by atoms with E-state index in [0.29, 0.717) is 5.56 Å². The molecule has 11 heavy (non-hydrogen) atoms. The van der Waals surface area contributed by atoms with Gasteiger partial charge in [-0.1, -0.05) is 18.2 Å². The summed E-state index contributed by atoms with van der Waals surface area (Å²) in [6.45, 7) is 5.38. The summed E-state index contributed by atoms with van der Waals surface area (Å²) in [4.78, 5) is 0. The third-order valence-electron chi connectivity index (χ3n) is 1.60. The topological polar surface area (TPSA) is 0 Å². The lowest BCUT2D eigenvalue weighted by Crippen LogP contribution is -1.85. The highest BCUT2D eigenvalue weighted by Gasteiger charge is 1.96. The first-order valence-electron chi connectivity index (χ1n) is 3.60. The van der Waals surface area contributed by atoms with E-state index in [1.54, 1.807) is 13.0 Å². The molecule has 0 radical (unpaired) electrons. The molecule has 58 valence electrons. The largest absolute Gasteiger partial charge is 0.207 e. The van der Waals surface area contributed by atoms with Gasteiger partial charge in [-0.2, -0.15) is 0 Å². The molecule has 1 aromatic rings. The van der Waals surface area contributed by atoms with Crippen molar-refractivity contribution in [3.63, 3.8) is 0 Å². The van der Waals surface area contributed by atoms with E-state index in [-0.39, 0.29) is 5.82 Å². The van der Waals surface area contributed by atoms with E-state index in [4.69, 9.17) is 0 Å². The van der Waals surface area contributed by atoms with E-state index in [1.165, 1.54) is 6.07 Å². The number of halogens is 1. The zero-order valence-corrected chi connectivity index (χ0v) is 6.60. The lowest BCUT2D eigenvalue weighted by molar-refractivity contribution is 0.618. The van der Waals surface area contributed by atoms with Gasteiger partial charge < -0.3 is 0 Å². The lowest BCUT2D eigenvalue weighted by atomic mass is 10.1. The summed E-state index contributed by atoms with van der Waals surface area (Å²) in [5, 5.41) is 0. The molecule has 0 fully saturated rings. The van der Waals surface area contributed by atoms with Crippen molar-refractivity contribution in [3.8, 4) is 0 Å².